The van der Waals surface area contributed by atoms with Crippen molar-refractivity contribution in [3.63, 3.8) is 0 Å². The molecule has 0 radical (unpaired) electrons. The smallest absolute Gasteiger partial charge is 0.274 e. The highest BCUT2D eigenvalue weighted by atomic mass is 35.5. The number of hydrogen-bond donors (Lipinski definition) is 1. The number of aromatic nitrogens is 2. The molecule has 0 bridgehead atoms. The van der Waals surface area contributed by atoms with Gasteiger partial charge in [0.2, 0.25) is 0 Å². The van der Waals surface area contributed by atoms with E-state index >= 15 is 0 Å². The normalized spacial score (nSPS) is 14.6. The Kier molecular flexibility index (Phi) is 4.53. The number of carbonyl (C=O) groups excluding carboxylic acids is 1. The fraction of sp³-hybridized carbons (Fsp3) is 0.263. The lowest BCUT2D eigenvalue weighted by atomic mass is 10.2. The van der Waals surface area contributed by atoms with Gasteiger partial charge in [0.05, 0.1) is 18.9 Å². The second-order valence-corrected chi connectivity index (χ2v) is 6.66. The number of carbonyl (C=O) groups is 1. The first-order valence-corrected chi connectivity index (χ1v) is 8.88. The fourth-order valence-corrected chi connectivity index (χ4v) is 3.33. The molecule has 0 saturated carbocycles. The van der Waals surface area contributed by atoms with Gasteiger partial charge in [0.15, 0.2) is 0 Å². The second kappa shape index (κ2) is 6.97. The van der Waals surface area contributed by atoms with Crippen LogP contribution in [0, 0.1) is 6.92 Å². The van der Waals surface area contributed by atoms with Gasteiger partial charge in [-0.05, 0) is 37.3 Å². The predicted molar refractivity (Wildman–Crippen MR) is 102 cm³/mol. The first-order valence-electron chi connectivity index (χ1n) is 8.50. The highest BCUT2D eigenvalue weighted by Crippen LogP contribution is 2.21. The average Bonchev–Trinajstić information content (AvgIpc) is 2.98. The van der Waals surface area contributed by atoms with E-state index in [2.05, 4.69) is 15.2 Å². The van der Waals surface area contributed by atoms with Gasteiger partial charge in [-0.1, -0.05) is 11.6 Å². The van der Waals surface area contributed by atoms with Crippen LogP contribution in [0.1, 0.15) is 16.2 Å². The second-order valence-electron chi connectivity index (χ2n) is 6.22. The van der Waals surface area contributed by atoms with E-state index in [1.165, 1.54) is 0 Å². The molecule has 26 heavy (non-hydrogen) atoms. The topological polar surface area (TPSA) is 58.9 Å². The van der Waals surface area contributed by atoms with Gasteiger partial charge in [-0.25, -0.2) is 4.98 Å². The maximum Gasteiger partial charge on any atom is 0.274 e. The summed E-state index contributed by atoms with van der Waals surface area (Å²) in [4.78, 5) is 19.4. The van der Waals surface area contributed by atoms with Crippen LogP contribution in [0.4, 0.5) is 11.4 Å². The van der Waals surface area contributed by atoms with Gasteiger partial charge in [0.25, 0.3) is 5.91 Å². The Balaban J connectivity index is 1.54. The molecular weight excluding hydrogens is 352 g/mol. The van der Waals surface area contributed by atoms with Crippen LogP contribution in [0.5, 0.6) is 0 Å². The molecule has 0 aliphatic carbocycles. The summed E-state index contributed by atoms with van der Waals surface area (Å²) >= 11 is 6.00. The number of nitrogens with zero attached hydrogens (tertiary/aromatic N) is 3. The van der Waals surface area contributed by atoms with Crippen molar-refractivity contribution in [2.45, 2.75) is 6.92 Å². The lowest BCUT2D eigenvalue weighted by molar-refractivity contribution is 0.102. The number of halogens is 1. The van der Waals surface area contributed by atoms with Crippen LogP contribution < -0.4 is 10.2 Å². The number of hydrogen-bond acceptors (Lipinski definition) is 4. The van der Waals surface area contributed by atoms with Crippen LogP contribution in [0.25, 0.3) is 5.65 Å². The molecule has 1 aromatic carbocycles. The fourth-order valence-electron chi connectivity index (χ4n) is 3.18. The molecule has 1 amide bonds. The minimum atomic E-state index is -0.198. The molecule has 7 heteroatoms. The zero-order chi connectivity index (χ0) is 18.1. The molecule has 1 saturated heterocycles. The van der Waals surface area contributed by atoms with Gasteiger partial charge in [0, 0.05) is 41.8 Å². The number of benzene rings is 1. The van der Waals surface area contributed by atoms with E-state index in [9.17, 15) is 4.79 Å². The molecule has 1 N–H and O–H groups in total. The Morgan fingerprint density at radius 1 is 1.19 bits per heavy atom. The Labute approximate surface area is 156 Å². The molecular formula is C19H19ClN4O2. The van der Waals surface area contributed by atoms with Crippen LogP contribution in [0.15, 0.2) is 42.6 Å². The van der Waals surface area contributed by atoms with E-state index in [-0.39, 0.29) is 5.91 Å². The monoisotopic (exact) mass is 370 g/mol. The summed E-state index contributed by atoms with van der Waals surface area (Å²) in [5.74, 6) is -0.198. The Hall–Kier alpha value is -2.57. The van der Waals surface area contributed by atoms with Crippen LogP contribution in [-0.2, 0) is 4.74 Å². The highest BCUT2D eigenvalue weighted by Gasteiger charge is 2.17. The molecule has 1 aliphatic heterocycles. The molecule has 4 rings (SSSR count). The zero-order valence-electron chi connectivity index (χ0n) is 14.4. The number of nitrogens with one attached hydrogen (secondary N) is 1. The quantitative estimate of drug-likeness (QED) is 0.767. The van der Waals surface area contributed by atoms with Crippen molar-refractivity contribution >= 4 is 34.5 Å². The van der Waals surface area contributed by atoms with Crippen molar-refractivity contribution in [1.29, 1.82) is 0 Å². The number of ether oxygens (including phenoxy) is 1. The number of morpholine rings is 1. The maximum absolute atomic E-state index is 12.7. The molecule has 1 aliphatic rings. The summed E-state index contributed by atoms with van der Waals surface area (Å²) in [7, 11) is 0. The molecule has 6 nitrogen and oxygen atoms in total. The van der Waals surface area contributed by atoms with Gasteiger partial charge in [-0.3, -0.25) is 9.20 Å². The molecule has 1 fully saturated rings. The summed E-state index contributed by atoms with van der Waals surface area (Å²) in [6, 6.07) is 11.3. The van der Waals surface area contributed by atoms with E-state index in [1.54, 1.807) is 22.7 Å². The van der Waals surface area contributed by atoms with Crippen LogP contribution >= 0.6 is 11.6 Å². The molecule has 3 aromatic rings. The summed E-state index contributed by atoms with van der Waals surface area (Å²) in [6.45, 7) is 5.08. The van der Waals surface area contributed by atoms with Gasteiger partial charge in [0.1, 0.15) is 11.3 Å². The van der Waals surface area contributed by atoms with Crippen LogP contribution in [0.2, 0.25) is 5.02 Å². The summed E-state index contributed by atoms with van der Waals surface area (Å²) in [6.07, 6.45) is 1.76. The Morgan fingerprint density at radius 3 is 2.65 bits per heavy atom. The van der Waals surface area contributed by atoms with Crippen LogP contribution in [-0.4, -0.2) is 41.6 Å². The average molecular weight is 371 g/mol. The molecule has 0 unspecified atom stereocenters. The summed E-state index contributed by atoms with van der Waals surface area (Å²) in [5.41, 5.74) is 3.70. The number of imidazole rings is 1. The number of rotatable bonds is 3. The number of fused-ring (bicyclic) bond motifs is 1. The van der Waals surface area contributed by atoms with Crippen molar-refractivity contribution in [1.82, 2.24) is 9.38 Å². The van der Waals surface area contributed by atoms with E-state index in [0.29, 0.717) is 22.1 Å². The van der Waals surface area contributed by atoms with Gasteiger partial charge >= 0.3 is 0 Å². The van der Waals surface area contributed by atoms with Crippen molar-refractivity contribution < 1.29 is 9.53 Å². The lowest BCUT2D eigenvalue weighted by Crippen LogP contribution is -2.36. The lowest BCUT2D eigenvalue weighted by Gasteiger charge is -2.28. The number of anilines is 2. The predicted octanol–water partition coefficient (Wildman–Crippen LogP) is 3.39. The van der Waals surface area contributed by atoms with Crippen molar-refractivity contribution in [2.24, 2.45) is 0 Å². The Bertz CT molecular complexity index is 946. The standard InChI is InChI=1S/C19H19ClN4O2/c1-13-18(24-7-6-14(20)12-17(24)21-13)19(25)22-15-2-4-16(5-3-15)23-8-10-26-11-9-23/h2-7,12H,8-11H2,1H3,(H,22,25). The largest absolute Gasteiger partial charge is 0.378 e. The van der Waals surface area contributed by atoms with Gasteiger partial charge in [-0.15, -0.1) is 0 Å². The third kappa shape index (κ3) is 3.25. The molecule has 134 valence electrons. The highest BCUT2D eigenvalue weighted by molar-refractivity contribution is 6.30. The first-order chi connectivity index (χ1) is 12.6. The zero-order valence-corrected chi connectivity index (χ0v) is 15.2. The van der Waals surface area contributed by atoms with Crippen molar-refractivity contribution in [2.75, 3.05) is 36.5 Å². The van der Waals surface area contributed by atoms with E-state index in [4.69, 9.17) is 16.3 Å². The minimum absolute atomic E-state index is 0.198. The van der Waals surface area contributed by atoms with Gasteiger partial charge < -0.3 is 15.0 Å². The van der Waals surface area contributed by atoms with Crippen LogP contribution in [0.3, 0.4) is 0 Å². The minimum Gasteiger partial charge on any atom is -0.378 e. The van der Waals surface area contributed by atoms with E-state index in [0.717, 1.165) is 37.7 Å². The molecule has 0 atom stereocenters. The third-order valence-electron chi connectivity index (χ3n) is 4.48. The third-order valence-corrected chi connectivity index (χ3v) is 4.71. The number of amides is 1. The Morgan fingerprint density at radius 2 is 1.92 bits per heavy atom. The van der Waals surface area contributed by atoms with E-state index in [1.807, 2.05) is 31.2 Å². The van der Waals surface area contributed by atoms with E-state index < -0.39 is 0 Å². The summed E-state index contributed by atoms with van der Waals surface area (Å²) in [5, 5.41) is 3.54. The van der Waals surface area contributed by atoms with Crippen molar-refractivity contribution in [3.05, 3.63) is 59.0 Å². The maximum atomic E-state index is 12.7. The summed E-state index contributed by atoms with van der Waals surface area (Å²) < 4.78 is 7.13. The molecule has 0 spiro atoms. The number of pyridine rings is 1. The number of aryl methyl sites for hydroxylation is 1. The van der Waals surface area contributed by atoms with Gasteiger partial charge in [-0.2, -0.15) is 0 Å². The molecule has 3 heterocycles. The SMILES string of the molecule is Cc1nc2cc(Cl)ccn2c1C(=O)Nc1ccc(N2CCOCC2)cc1. The van der Waals surface area contributed by atoms with Crippen molar-refractivity contribution in [3.8, 4) is 0 Å². The molecule has 2 aromatic heterocycles. The first kappa shape index (κ1) is 16.9.